The predicted octanol–water partition coefficient (Wildman–Crippen LogP) is 2.84. The Labute approximate surface area is 152 Å². The van der Waals surface area contributed by atoms with Crippen molar-refractivity contribution in [3.8, 4) is 0 Å². The third-order valence-electron chi connectivity index (χ3n) is 4.97. The lowest BCUT2D eigenvalue weighted by Gasteiger charge is -2.19. The van der Waals surface area contributed by atoms with E-state index >= 15 is 0 Å². The lowest BCUT2D eigenvalue weighted by molar-refractivity contribution is -0.122. The molecule has 3 amide bonds. The van der Waals surface area contributed by atoms with Crippen molar-refractivity contribution in [2.24, 2.45) is 16.9 Å². The highest BCUT2D eigenvalue weighted by Crippen LogP contribution is 2.40. The number of amides is 3. The molecular weight excluding hydrogens is 334 g/mol. The number of fused-ring (bicyclic) bond motifs is 1. The minimum absolute atomic E-state index is 0.0817. The minimum atomic E-state index is -0.612. The van der Waals surface area contributed by atoms with Gasteiger partial charge in [0.2, 0.25) is 11.8 Å². The molecule has 1 aromatic carbocycles. The van der Waals surface area contributed by atoms with Crippen LogP contribution in [0.3, 0.4) is 0 Å². The number of nitrogens with zero attached hydrogens (tertiary/aromatic N) is 2. The number of ether oxygens (including phenoxy) is 1. The zero-order valence-electron chi connectivity index (χ0n) is 15.0. The molecule has 0 bridgehead atoms. The van der Waals surface area contributed by atoms with Crippen LogP contribution in [0.5, 0.6) is 0 Å². The molecule has 1 aliphatic carbocycles. The number of hydrogen-bond donors (Lipinski definition) is 1. The van der Waals surface area contributed by atoms with Crippen molar-refractivity contribution in [3.05, 3.63) is 29.8 Å². The van der Waals surface area contributed by atoms with E-state index in [4.69, 9.17) is 4.74 Å². The van der Waals surface area contributed by atoms with Crippen LogP contribution in [0.25, 0.3) is 0 Å². The van der Waals surface area contributed by atoms with Crippen molar-refractivity contribution in [1.29, 1.82) is 0 Å². The van der Waals surface area contributed by atoms with Gasteiger partial charge >= 0.3 is 6.09 Å². The van der Waals surface area contributed by atoms with Crippen LogP contribution in [0, 0.1) is 11.8 Å². The first-order valence-electron chi connectivity index (χ1n) is 8.98. The van der Waals surface area contributed by atoms with Gasteiger partial charge in [-0.15, -0.1) is 0 Å². The molecule has 7 heteroatoms. The van der Waals surface area contributed by atoms with Crippen LogP contribution in [-0.2, 0) is 14.3 Å². The molecule has 7 nitrogen and oxygen atoms in total. The predicted molar refractivity (Wildman–Crippen MR) is 96.8 cm³/mol. The van der Waals surface area contributed by atoms with Crippen molar-refractivity contribution in [1.82, 2.24) is 5.43 Å². The van der Waals surface area contributed by atoms with Gasteiger partial charge in [-0.1, -0.05) is 25.0 Å². The van der Waals surface area contributed by atoms with Crippen molar-refractivity contribution in [2.75, 3.05) is 11.5 Å². The van der Waals surface area contributed by atoms with Gasteiger partial charge in [0.15, 0.2) is 0 Å². The third-order valence-corrected chi connectivity index (χ3v) is 4.97. The lowest BCUT2D eigenvalue weighted by Crippen LogP contribution is -2.30. The minimum Gasteiger partial charge on any atom is -0.449 e. The number of hydrazone groups is 1. The SMILES string of the molecule is CCOC(=O)N/N=C(\C)c1ccc(N2C(=O)[C@H]3CCCC[C@@H]3C2=O)cc1. The molecule has 1 N–H and O–H groups in total. The maximum atomic E-state index is 12.6. The average molecular weight is 357 g/mol. The van der Waals surface area contributed by atoms with Crippen LogP contribution >= 0.6 is 0 Å². The maximum Gasteiger partial charge on any atom is 0.427 e. The van der Waals surface area contributed by atoms with Crippen LogP contribution in [0.1, 0.15) is 45.1 Å². The number of carbonyl (C=O) groups is 3. The molecule has 2 fully saturated rings. The van der Waals surface area contributed by atoms with Crippen LogP contribution in [0.15, 0.2) is 29.4 Å². The van der Waals surface area contributed by atoms with Crippen LogP contribution in [0.4, 0.5) is 10.5 Å². The topological polar surface area (TPSA) is 88.1 Å². The highest BCUT2D eigenvalue weighted by atomic mass is 16.5. The Hall–Kier alpha value is -2.70. The summed E-state index contributed by atoms with van der Waals surface area (Å²) >= 11 is 0. The third kappa shape index (κ3) is 3.47. The summed E-state index contributed by atoms with van der Waals surface area (Å²) in [5.41, 5.74) is 4.27. The van der Waals surface area contributed by atoms with E-state index in [0.717, 1.165) is 31.2 Å². The van der Waals surface area contributed by atoms with Crippen LogP contribution in [-0.4, -0.2) is 30.2 Å². The van der Waals surface area contributed by atoms with E-state index < -0.39 is 6.09 Å². The molecule has 1 aromatic rings. The number of hydrogen-bond acceptors (Lipinski definition) is 5. The fraction of sp³-hybridized carbons (Fsp3) is 0.474. The number of imide groups is 1. The standard InChI is InChI=1S/C19H23N3O4/c1-3-26-19(25)21-20-12(2)13-8-10-14(11-9-13)22-17(23)15-6-4-5-7-16(15)18(22)24/h8-11,15-16H,3-7H2,1-2H3,(H,21,25)/b20-12+/t15-,16-/m0/s1. The fourth-order valence-electron chi connectivity index (χ4n) is 3.63. The Bertz CT molecular complexity index is 718. The first-order valence-corrected chi connectivity index (χ1v) is 8.98. The zero-order chi connectivity index (χ0) is 18.7. The van der Waals surface area contributed by atoms with Crippen molar-refractivity contribution in [2.45, 2.75) is 39.5 Å². The first-order chi connectivity index (χ1) is 12.5. The monoisotopic (exact) mass is 357 g/mol. The van der Waals surface area contributed by atoms with E-state index in [2.05, 4.69) is 10.5 Å². The largest absolute Gasteiger partial charge is 0.449 e. The molecule has 1 saturated carbocycles. The quantitative estimate of drug-likeness (QED) is 0.510. The molecule has 2 atom stereocenters. The smallest absolute Gasteiger partial charge is 0.427 e. The van der Waals surface area contributed by atoms with Crippen molar-refractivity contribution >= 4 is 29.3 Å². The summed E-state index contributed by atoms with van der Waals surface area (Å²) in [6.07, 6.45) is 3.01. The molecular formula is C19H23N3O4. The molecule has 2 aliphatic rings. The zero-order valence-corrected chi connectivity index (χ0v) is 15.0. The van der Waals surface area contributed by atoms with E-state index in [-0.39, 0.29) is 30.3 Å². The molecule has 3 rings (SSSR count). The molecule has 1 aliphatic heterocycles. The van der Waals surface area contributed by atoms with E-state index in [9.17, 15) is 14.4 Å². The average Bonchev–Trinajstić information content (AvgIpc) is 2.91. The molecule has 0 radical (unpaired) electrons. The molecule has 1 saturated heterocycles. The van der Waals surface area contributed by atoms with Gasteiger partial charge in [-0.3, -0.25) is 14.5 Å². The summed E-state index contributed by atoms with van der Waals surface area (Å²) in [6, 6.07) is 7.05. The number of benzene rings is 1. The van der Waals surface area contributed by atoms with Gasteiger partial charge in [-0.05, 0) is 44.4 Å². The molecule has 0 spiro atoms. The summed E-state index contributed by atoms with van der Waals surface area (Å²) < 4.78 is 4.75. The van der Waals surface area contributed by atoms with Gasteiger partial charge < -0.3 is 4.74 Å². The molecule has 0 unspecified atom stereocenters. The van der Waals surface area contributed by atoms with Gasteiger partial charge in [0.05, 0.1) is 29.8 Å². The molecule has 0 aromatic heterocycles. The second-order valence-corrected chi connectivity index (χ2v) is 6.59. The second kappa shape index (κ2) is 7.68. The van der Waals surface area contributed by atoms with Gasteiger partial charge in [-0.2, -0.15) is 5.10 Å². The van der Waals surface area contributed by atoms with Crippen molar-refractivity contribution < 1.29 is 19.1 Å². The van der Waals surface area contributed by atoms with E-state index in [1.54, 1.807) is 38.1 Å². The summed E-state index contributed by atoms with van der Waals surface area (Å²) in [5.74, 6) is -0.482. The molecule has 1 heterocycles. The van der Waals surface area contributed by atoms with E-state index in [0.29, 0.717) is 11.4 Å². The van der Waals surface area contributed by atoms with Gasteiger partial charge in [-0.25, -0.2) is 10.2 Å². The normalized spacial score (nSPS) is 23.0. The Balaban J connectivity index is 1.73. The Kier molecular flexibility index (Phi) is 5.35. The summed E-state index contributed by atoms with van der Waals surface area (Å²) in [7, 11) is 0. The van der Waals surface area contributed by atoms with Gasteiger partial charge in [0.1, 0.15) is 0 Å². The molecule has 138 valence electrons. The van der Waals surface area contributed by atoms with E-state index in [1.165, 1.54) is 4.90 Å². The van der Waals surface area contributed by atoms with E-state index in [1.807, 2.05) is 0 Å². The van der Waals surface area contributed by atoms with Crippen LogP contribution in [0.2, 0.25) is 0 Å². The number of nitrogens with one attached hydrogen (secondary N) is 1. The summed E-state index contributed by atoms with van der Waals surface area (Å²) in [4.78, 5) is 37.9. The number of anilines is 1. The van der Waals surface area contributed by atoms with Crippen LogP contribution < -0.4 is 10.3 Å². The summed E-state index contributed by atoms with van der Waals surface area (Å²) in [6.45, 7) is 3.74. The lowest BCUT2D eigenvalue weighted by atomic mass is 9.81. The maximum absolute atomic E-state index is 12.6. The first kappa shape index (κ1) is 18.1. The Morgan fingerprint density at radius 3 is 2.27 bits per heavy atom. The van der Waals surface area contributed by atoms with Gasteiger partial charge in [0.25, 0.3) is 0 Å². The fourth-order valence-corrected chi connectivity index (χ4v) is 3.63. The van der Waals surface area contributed by atoms with Gasteiger partial charge in [0, 0.05) is 0 Å². The second-order valence-electron chi connectivity index (χ2n) is 6.59. The number of rotatable bonds is 4. The highest BCUT2D eigenvalue weighted by molar-refractivity contribution is 6.22. The Morgan fingerprint density at radius 2 is 1.73 bits per heavy atom. The van der Waals surface area contributed by atoms with Crippen molar-refractivity contribution in [3.63, 3.8) is 0 Å². The Morgan fingerprint density at radius 1 is 1.15 bits per heavy atom. The molecule has 26 heavy (non-hydrogen) atoms. The summed E-state index contributed by atoms with van der Waals surface area (Å²) in [5, 5.41) is 3.97. The highest BCUT2D eigenvalue weighted by Gasteiger charge is 2.48. The number of carbonyl (C=O) groups excluding carboxylic acids is 3.